The van der Waals surface area contributed by atoms with Crippen molar-refractivity contribution in [2.75, 3.05) is 28.3 Å². The van der Waals surface area contributed by atoms with Crippen molar-refractivity contribution in [1.29, 1.82) is 0 Å². The van der Waals surface area contributed by atoms with Crippen molar-refractivity contribution in [2.45, 2.75) is 0 Å². The molecule has 18 heavy (non-hydrogen) atoms. The number of hydrogen-bond donors (Lipinski definition) is 0. The van der Waals surface area contributed by atoms with Crippen molar-refractivity contribution >= 4 is 22.8 Å². The van der Waals surface area contributed by atoms with Gasteiger partial charge in [-0.15, -0.1) is 0 Å². The molecule has 0 saturated heterocycles. The Morgan fingerprint density at radius 1 is 1.17 bits per heavy atom. The number of halogens is 2. The summed E-state index contributed by atoms with van der Waals surface area (Å²) in [6, 6.07) is 5.57. The molecule has 5 heteroatoms. The van der Waals surface area contributed by atoms with E-state index in [-0.39, 0.29) is 12.4 Å². The van der Waals surface area contributed by atoms with Gasteiger partial charge in [-0.1, -0.05) is 11.6 Å². The van der Waals surface area contributed by atoms with Gasteiger partial charge in [-0.05, 0) is 23.8 Å². The van der Waals surface area contributed by atoms with Crippen molar-refractivity contribution in [3.05, 3.63) is 29.8 Å². The van der Waals surface area contributed by atoms with Gasteiger partial charge in [0.05, 0.1) is 19.3 Å². The third-order valence-corrected chi connectivity index (χ3v) is 2.52. The molecule has 0 spiro atoms. The zero-order valence-electron chi connectivity index (χ0n) is 10.9. The minimum absolute atomic E-state index is 0. The molecule has 1 aromatic rings. The number of hydrogen-bond acceptors (Lipinski definition) is 2. The molecule has 0 aliphatic carbocycles. The summed E-state index contributed by atoms with van der Waals surface area (Å²) in [7, 11) is 7.09. The average Bonchev–Trinajstić information content (AvgIpc) is 2.34. The smallest absolute Gasteiger partial charge is 0.164 e. The molecular formula is C13H17Cl2NO2. The van der Waals surface area contributed by atoms with Crippen LogP contribution in [0, 0.1) is 0 Å². The maximum absolute atomic E-state index is 6.18. The number of rotatable bonds is 4. The van der Waals surface area contributed by atoms with Crippen molar-refractivity contribution < 1.29 is 26.5 Å². The first-order valence-corrected chi connectivity index (χ1v) is 5.55. The van der Waals surface area contributed by atoms with Gasteiger partial charge in [0, 0.05) is 6.08 Å². The van der Waals surface area contributed by atoms with Gasteiger partial charge in [-0.3, -0.25) is 0 Å². The first-order chi connectivity index (χ1) is 8.08. The normalized spacial score (nSPS) is 10.4. The molecule has 0 heterocycles. The van der Waals surface area contributed by atoms with Crippen molar-refractivity contribution in [1.82, 2.24) is 0 Å². The van der Waals surface area contributed by atoms with Crippen LogP contribution in [0.25, 0.3) is 5.03 Å². The van der Waals surface area contributed by atoms with Crippen LogP contribution in [0.3, 0.4) is 0 Å². The predicted octanol–water partition coefficient (Wildman–Crippen LogP) is -0.370. The Kier molecular flexibility index (Phi) is 7.48. The molecule has 0 amide bonds. The molecule has 100 valence electrons. The summed E-state index contributed by atoms with van der Waals surface area (Å²) in [6.45, 7) is 0. The summed E-state index contributed by atoms with van der Waals surface area (Å²) in [5.74, 6) is 1.36. The van der Waals surface area contributed by atoms with Crippen LogP contribution in [0.4, 0.5) is 0 Å². The van der Waals surface area contributed by atoms with E-state index in [1.807, 2.05) is 49.2 Å². The number of nitrogens with zero attached hydrogens (tertiary/aromatic N) is 1. The van der Waals surface area contributed by atoms with Gasteiger partial charge in [-0.2, -0.15) is 0 Å². The lowest BCUT2D eigenvalue weighted by molar-refractivity contribution is -0.458. The van der Waals surface area contributed by atoms with Crippen LogP contribution < -0.4 is 21.9 Å². The second-order valence-electron chi connectivity index (χ2n) is 3.70. The number of allylic oxidation sites excluding steroid dienone is 1. The van der Waals surface area contributed by atoms with E-state index in [1.54, 1.807) is 14.2 Å². The highest BCUT2D eigenvalue weighted by Gasteiger charge is 2.06. The maximum Gasteiger partial charge on any atom is 0.164 e. The van der Waals surface area contributed by atoms with Gasteiger partial charge in [0.1, 0.15) is 14.1 Å². The van der Waals surface area contributed by atoms with E-state index < -0.39 is 0 Å². The molecular weight excluding hydrogens is 273 g/mol. The number of ether oxygens (including phenoxy) is 2. The SMILES string of the molecule is COc1ccc(/C(Cl)=C/C=[N+](C)C)cc1OC.[Cl-]. The Morgan fingerprint density at radius 2 is 1.78 bits per heavy atom. The summed E-state index contributed by atoms with van der Waals surface area (Å²) in [5, 5.41) is 0.652. The zero-order chi connectivity index (χ0) is 12.8. The van der Waals surface area contributed by atoms with E-state index >= 15 is 0 Å². The Balaban J connectivity index is 0.00000289. The largest absolute Gasteiger partial charge is 1.00 e. The fourth-order valence-corrected chi connectivity index (χ4v) is 1.47. The molecule has 0 fully saturated rings. The quantitative estimate of drug-likeness (QED) is 0.557. The van der Waals surface area contributed by atoms with Crippen LogP contribution >= 0.6 is 11.6 Å². The highest BCUT2D eigenvalue weighted by Crippen LogP contribution is 2.31. The summed E-state index contributed by atoms with van der Waals surface area (Å²) in [4.78, 5) is 0. The fourth-order valence-electron chi connectivity index (χ4n) is 1.30. The number of benzene rings is 1. The van der Waals surface area contributed by atoms with Gasteiger partial charge in [0.25, 0.3) is 0 Å². The summed E-state index contributed by atoms with van der Waals surface area (Å²) >= 11 is 6.18. The summed E-state index contributed by atoms with van der Waals surface area (Å²) in [5.41, 5.74) is 0.891. The minimum Gasteiger partial charge on any atom is -1.00 e. The van der Waals surface area contributed by atoms with E-state index in [1.165, 1.54) is 0 Å². The highest BCUT2D eigenvalue weighted by molar-refractivity contribution is 6.49. The molecule has 0 saturated carbocycles. The minimum atomic E-state index is 0. The van der Waals surface area contributed by atoms with Gasteiger partial charge in [0.15, 0.2) is 17.7 Å². The summed E-state index contributed by atoms with van der Waals surface area (Å²) < 4.78 is 12.3. The van der Waals surface area contributed by atoms with Crippen LogP contribution in [-0.2, 0) is 0 Å². The molecule has 0 radical (unpaired) electrons. The molecule has 0 aromatic heterocycles. The van der Waals surface area contributed by atoms with Gasteiger partial charge < -0.3 is 21.9 Å². The van der Waals surface area contributed by atoms with E-state index in [0.29, 0.717) is 16.5 Å². The van der Waals surface area contributed by atoms with Crippen molar-refractivity contribution in [2.24, 2.45) is 0 Å². The second-order valence-corrected chi connectivity index (χ2v) is 4.10. The lowest BCUT2D eigenvalue weighted by Gasteiger charge is -2.08. The first kappa shape index (κ1) is 16.8. The molecule has 0 aliphatic heterocycles. The number of methoxy groups -OCH3 is 2. The fraction of sp³-hybridized carbons (Fsp3) is 0.308. The molecule has 0 N–H and O–H groups in total. The van der Waals surface area contributed by atoms with Crippen molar-refractivity contribution in [3.63, 3.8) is 0 Å². The maximum atomic E-state index is 6.18. The topological polar surface area (TPSA) is 21.5 Å². The highest BCUT2D eigenvalue weighted by atomic mass is 35.5. The Hall–Kier alpha value is -1.19. The molecule has 1 rings (SSSR count). The van der Waals surface area contributed by atoms with Crippen LogP contribution in [-0.4, -0.2) is 39.1 Å². The first-order valence-electron chi connectivity index (χ1n) is 5.18. The second kappa shape index (κ2) is 8.01. The Morgan fingerprint density at radius 3 is 2.28 bits per heavy atom. The van der Waals surface area contributed by atoms with Gasteiger partial charge in [-0.25, -0.2) is 4.58 Å². The third kappa shape index (κ3) is 4.59. The molecule has 3 nitrogen and oxygen atoms in total. The monoisotopic (exact) mass is 289 g/mol. The third-order valence-electron chi connectivity index (χ3n) is 2.18. The van der Waals surface area contributed by atoms with E-state index in [9.17, 15) is 0 Å². The average molecular weight is 290 g/mol. The Labute approximate surface area is 119 Å². The lowest BCUT2D eigenvalue weighted by Crippen LogP contribution is -3.00. The molecule has 1 aromatic carbocycles. The summed E-state index contributed by atoms with van der Waals surface area (Å²) in [6.07, 6.45) is 3.72. The van der Waals surface area contributed by atoms with Crippen molar-refractivity contribution in [3.8, 4) is 11.5 Å². The van der Waals surface area contributed by atoms with E-state index in [2.05, 4.69) is 0 Å². The Bertz CT molecular complexity index is 452. The zero-order valence-corrected chi connectivity index (χ0v) is 12.4. The van der Waals surface area contributed by atoms with Crippen LogP contribution in [0.2, 0.25) is 0 Å². The van der Waals surface area contributed by atoms with Crippen LogP contribution in [0.1, 0.15) is 5.56 Å². The van der Waals surface area contributed by atoms with Crippen LogP contribution in [0.15, 0.2) is 24.3 Å². The van der Waals surface area contributed by atoms with Crippen LogP contribution in [0.5, 0.6) is 11.5 Å². The van der Waals surface area contributed by atoms with E-state index in [0.717, 1.165) is 5.56 Å². The van der Waals surface area contributed by atoms with Gasteiger partial charge >= 0.3 is 0 Å². The van der Waals surface area contributed by atoms with E-state index in [4.69, 9.17) is 21.1 Å². The molecule has 0 aliphatic rings. The molecule has 0 bridgehead atoms. The molecule has 0 atom stereocenters. The van der Waals surface area contributed by atoms with Gasteiger partial charge in [0.2, 0.25) is 0 Å². The molecule has 0 unspecified atom stereocenters. The standard InChI is InChI=1S/C13H17ClNO2.ClH/c1-15(2)8-7-11(14)10-5-6-12(16-3)13(9-10)17-4;/h5-9H,1-4H3;1H/q+1;/p-1/b11-7-;. The lowest BCUT2D eigenvalue weighted by atomic mass is 10.2. The predicted molar refractivity (Wildman–Crippen MR) is 71.5 cm³/mol.